The van der Waals surface area contributed by atoms with Gasteiger partial charge in [-0.25, -0.2) is 0 Å². The Morgan fingerprint density at radius 3 is 2.14 bits per heavy atom. The van der Waals surface area contributed by atoms with Crippen LogP contribution >= 0.6 is 0 Å². The highest BCUT2D eigenvalue weighted by Gasteiger charge is 1.98. The lowest BCUT2D eigenvalue weighted by atomic mass is 11.0. The molecule has 0 aromatic rings. The first-order chi connectivity index (χ1) is 3.12. The third-order valence-electron chi connectivity index (χ3n) is 1.06. The first kappa shape index (κ1) is 7.11. The predicted octanol–water partition coefficient (Wildman–Crippen LogP) is -0.431. The zero-order valence-electron chi connectivity index (χ0n) is 4.85. The SMILES string of the molecule is CC[SH](C)(=O)CN. The molecule has 0 bridgehead atoms. The minimum Gasteiger partial charge on any atom is -0.321 e. The quantitative estimate of drug-likeness (QED) is 0.489. The summed E-state index contributed by atoms with van der Waals surface area (Å²) < 4.78 is 10.8. The van der Waals surface area contributed by atoms with E-state index in [1.165, 1.54) is 0 Å². The maximum Gasteiger partial charge on any atom is 0.0469 e. The van der Waals surface area contributed by atoms with Crippen LogP contribution in [0.5, 0.6) is 0 Å². The molecule has 2 nitrogen and oxygen atoms in total. The molecule has 0 spiro atoms. The van der Waals surface area contributed by atoms with Crippen LogP contribution in [0.15, 0.2) is 0 Å². The van der Waals surface area contributed by atoms with Gasteiger partial charge in [-0.1, -0.05) is 16.9 Å². The highest BCUT2D eigenvalue weighted by Crippen LogP contribution is 1.91. The summed E-state index contributed by atoms with van der Waals surface area (Å²) in [7, 11) is -1.88. The van der Waals surface area contributed by atoms with E-state index in [4.69, 9.17) is 5.73 Å². The number of rotatable bonds is 2. The Balaban J connectivity index is 3.61. The second-order valence-electron chi connectivity index (χ2n) is 1.80. The molecule has 0 aromatic heterocycles. The van der Waals surface area contributed by atoms with E-state index in [1.807, 2.05) is 6.92 Å². The molecule has 0 aliphatic heterocycles. The molecule has 0 aromatic carbocycles. The zero-order valence-corrected chi connectivity index (χ0v) is 5.74. The largest absolute Gasteiger partial charge is 0.321 e. The van der Waals surface area contributed by atoms with E-state index in [1.54, 1.807) is 6.26 Å². The molecule has 0 unspecified atom stereocenters. The lowest BCUT2D eigenvalue weighted by Crippen LogP contribution is -2.22. The van der Waals surface area contributed by atoms with Gasteiger partial charge in [-0.2, -0.15) is 0 Å². The van der Waals surface area contributed by atoms with Crippen molar-refractivity contribution in [2.45, 2.75) is 6.92 Å². The fraction of sp³-hybridized carbons (Fsp3) is 1.00. The molecular weight excluding hydrogens is 110 g/mol. The van der Waals surface area contributed by atoms with Gasteiger partial charge in [-0.3, -0.25) is 4.21 Å². The van der Waals surface area contributed by atoms with Crippen LogP contribution in [0.4, 0.5) is 0 Å². The summed E-state index contributed by atoms with van der Waals surface area (Å²) in [5.41, 5.74) is 5.15. The fourth-order valence-electron chi connectivity index (χ4n) is 0.129. The molecular formula is C4H13NOS. The number of nitrogens with two attached hydrogens (primary N) is 1. The van der Waals surface area contributed by atoms with Gasteiger partial charge in [-0.15, -0.1) is 0 Å². The molecule has 0 aliphatic carbocycles. The average Bonchev–Trinajstić information content (AvgIpc) is 1.68. The van der Waals surface area contributed by atoms with Gasteiger partial charge in [0.25, 0.3) is 0 Å². The lowest BCUT2D eigenvalue weighted by molar-refractivity contribution is 0.675. The second kappa shape index (κ2) is 2.43. The Morgan fingerprint density at radius 1 is 1.71 bits per heavy atom. The van der Waals surface area contributed by atoms with Gasteiger partial charge in [0.2, 0.25) is 0 Å². The van der Waals surface area contributed by atoms with E-state index in [2.05, 4.69) is 0 Å². The molecule has 0 amide bonds. The van der Waals surface area contributed by atoms with Crippen molar-refractivity contribution in [1.82, 2.24) is 0 Å². The Hall–Kier alpha value is 0.110. The zero-order chi connectivity index (χ0) is 5.91. The smallest absolute Gasteiger partial charge is 0.0469 e. The van der Waals surface area contributed by atoms with E-state index in [9.17, 15) is 4.21 Å². The summed E-state index contributed by atoms with van der Waals surface area (Å²) in [4.78, 5) is 0. The van der Waals surface area contributed by atoms with Crippen molar-refractivity contribution >= 4 is 9.93 Å². The third-order valence-corrected chi connectivity index (χ3v) is 3.17. The standard InChI is InChI=1S/C4H13NOS/c1-3-7(2,6)4-5/h7H,3-5H2,1-2H3. The minimum atomic E-state index is -1.88. The maximum atomic E-state index is 10.8. The summed E-state index contributed by atoms with van der Waals surface area (Å²) in [5.74, 6) is 1.08. The van der Waals surface area contributed by atoms with Gasteiger partial charge in [0.15, 0.2) is 0 Å². The average molecular weight is 123 g/mol. The van der Waals surface area contributed by atoms with Crippen molar-refractivity contribution < 1.29 is 4.21 Å². The normalized spacial score (nSPS) is 14.1. The van der Waals surface area contributed by atoms with Crippen LogP contribution in [0.2, 0.25) is 0 Å². The van der Waals surface area contributed by atoms with E-state index in [0.29, 0.717) is 5.88 Å². The molecule has 0 heterocycles. The Labute approximate surface area is 45.5 Å². The molecule has 0 saturated carbocycles. The fourth-order valence-corrected chi connectivity index (χ4v) is 0.387. The van der Waals surface area contributed by atoms with Crippen LogP contribution in [-0.4, -0.2) is 22.1 Å². The molecule has 0 radical (unpaired) electrons. The molecule has 0 atom stereocenters. The van der Waals surface area contributed by atoms with E-state index in [-0.39, 0.29) is 0 Å². The van der Waals surface area contributed by atoms with Gasteiger partial charge in [0.05, 0.1) is 0 Å². The number of thiol groups is 1. The molecule has 0 saturated heterocycles. The molecule has 0 fully saturated rings. The highest BCUT2D eigenvalue weighted by molar-refractivity contribution is 8.02. The minimum absolute atomic E-state index is 0.351. The first-order valence-electron chi connectivity index (χ1n) is 2.38. The van der Waals surface area contributed by atoms with Crippen LogP contribution < -0.4 is 5.73 Å². The molecule has 3 heteroatoms. The molecule has 0 aliphatic rings. The summed E-state index contributed by atoms with van der Waals surface area (Å²) in [6.07, 6.45) is 1.73. The molecule has 7 heavy (non-hydrogen) atoms. The summed E-state index contributed by atoms with van der Waals surface area (Å²) >= 11 is 0. The Kier molecular flexibility index (Phi) is 2.46. The van der Waals surface area contributed by atoms with Crippen molar-refractivity contribution in [3.05, 3.63) is 0 Å². The van der Waals surface area contributed by atoms with E-state index < -0.39 is 9.93 Å². The van der Waals surface area contributed by atoms with Crippen LogP contribution in [0, 0.1) is 0 Å². The molecule has 46 valence electrons. The van der Waals surface area contributed by atoms with Crippen LogP contribution in [-0.2, 0) is 9.93 Å². The number of hydrogen-bond acceptors (Lipinski definition) is 2. The van der Waals surface area contributed by atoms with Crippen LogP contribution in [0.1, 0.15) is 6.92 Å². The summed E-state index contributed by atoms with van der Waals surface area (Å²) in [6.45, 7) is 1.90. The van der Waals surface area contributed by atoms with Gasteiger partial charge < -0.3 is 5.73 Å². The number of hydrogen-bond donors (Lipinski definition) is 2. The van der Waals surface area contributed by atoms with E-state index in [0.717, 1.165) is 5.75 Å². The van der Waals surface area contributed by atoms with Crippen molar-refractivity contribution in [2.75, 3.05) is 17.9 Å². The molecule has 0 rings (SSSR count). The second-order valence-corrected chi connectivity index (χ2v) is 5.39. The van der Waals surface area contributed by atoms with Gasteiger partial charge in [-0.05, 0) is 12.0 Å². The third kappa shape index (κ3) is 2.76. The van der Waals surface area contributed by atoms with Crippen LogP contribution in [0.3, 0.4) is 0 Å². The first-order valence-corrected chi connectivity index (χ1v) is 4.90. The highest BCUT2D eigenvalue weighted by atomic mass is 32.2. The van der Waals surface area contributed by atoms with Crippen molar-refractivity contribution in [3.63, 3.8) is 0 Å². The van der Waals surface area contributed by atoms with Gasteiger partial charge in [0, 0.05) is 5.88 Å². The predicted molar refractivity (Wildman–Crippen MR) is 35.1 cm³/mol. The lowest BCUT2D eigenvalue weighted by Gasteiger charge is -2.10. The topological polar surface area (TPSA) is 43.1 Å². The van der Waals surface area contributed by atoms with Crippen molar-refractivity contribution in [2.24, 2.45) is 5.73 Å². The molecule has 2 N–H and O–H groups in total. The van der Waals surface area contributed by atoms with Gasteiger partial charge in [0.1, 0.15) is 0 Å². The van der Waals surface area contributed by atoms with E-state index >= 15 is 0 Å². The monoisotopic (exact) mass is 123 g/mol. The maximum absolute atomic E-state index is 10.8. The summed E-state index contributed by atoms with van der Waals surface area (Å²) in [6, 6.07) is 0. The van der Waals surface area contributed by atoms with Gasteiger partial charge >= 0.3 is 0 Å². The Bertz CT molecular complexity index is 83.7. The van der Waals surface area contributed by atoms with Crippen molar-refractivity contribution in [1.29, 1.82) is 0 Å². The summed E-state index contributed by atoms with van der Waals surface area (Å²) in [5, 5.41) is 0. The van der Waals surface area contributed by atoms with Crippen LogP contribution in [0.25, 0.3) is 0 Å². The van der Waals surface area contributed by atoms with Crippen molar-refractivity contribution in [3.8, 4) is 0 Å². The Morgan fingerprint density at radius 2 is 2.14 bits per heavy atom.